The molecule has 0 spiro atoms. The Bertz CT molecular complexity index is 995. The number of carbonyl (C=O) groups is 3. The summed E-state index contributed by atoms with van der Waals surface area (Å²) in [6.45, 7) is 1.35. The average molecular weight is 479 g/mol. The van der Waals surface area contributed by atoms with E-state index in [-0.39, 0.29) is 36.4 Å². The molecule has 2 aliphatic rings. The molecule has 2 aromatic carbocycles. The van der Waals surface area contributed by atoms with Crippen molar-refractivity contribution >= 4 is 29.1 Å². The Labute approximate surface area is 206 Å². The Morgan fingerprint density at radius 3 is 2.09 bits per heavy atom. The average Bonchev–Trinajstić information content (AvgIpc) is 3.41. The van der Waals surface area contributed by atoms with Crippen molar-refractivity contribution in [3.8, 4) is 0 Å². The molecule has 35 heavy (non-hydrogen) atoms. The number of hydrogen-bond donors (Lipinski definition) is 4. The first-order valence-corrected chi connectivity index (χ1v) is 12.5. The fourth-order valence-corrected chi connectivity index (χ4v) is 4.46. The maximum atomic E-state index is 12.4. The van der Waals surface area contributed by atoms with Crippen LogP contribution in [-0.4, -0.2) is 49.6 Å². The van der Waals surface area contributed by atoms with Crippen LogP contribution in [0.1, 0.15) is 65.7 Å². The van der Waals surface area contributed by atoms with Gasteiger partial charge >= 0.3 is 0 Å². The zero-order valence-corrected chi connectivity index (χ0v) is 20.0. The summed E-state index contributed by atoms with van der Waals surface area (Å²) in [5.41, 5.74) is 2.52. The third-order valence-corrected chi connectivity index (χ3v) is 6.49. The lowest BCUT2D eigenvalue weighted by molar-refractivity contribution is -0.114. The molecule has 1 heterocycles. The van der Waals surface area contributed by atoms with Crippen LogP contribution in [0.3, 0.4) is 0 Å². The zero-order chi connectivity index (χ0) is 24.5. The van der Waals surface area contributed by atoms with Gasteiger partial charge in [-0.3, -0.25) is 14.4 Å². The van der Waals surface area contributed by atoms with Crippen LogP contribution in [0.5, 0.6) is 0 Å². The van der Waals surface area contributed by atoms with Crippen molar-refractivity contribution in [3.05, 3.63) is 59.7 Å². The SMILES string of the molecule is O=C(CNc1ccc(C(=O)NC2CCCCC2)cc1)Nc1ccc(C(=O)NCC2CCCO2)cc1. The van der Waals surface area contributed by atoms with E-state index in [4.69, 9.17) is 4.74 Å². The second-order valence-corrected chi connectivity index (χ2v) is 9.21. The molecule has 0 radical (unpaired) electrons. The number of rotatable bonds is 9. The van der Waals surface area contributed by atoms with Crippen molar-refractivity contribution in [1.29, 1.82) is 0 Å². The molecule has 4 rings (SSSR count). The topological polar surface area (TPSA) is 109 Å². The molecule has 1 unspecified atom stereocenters. The summed E-state index contributed by atoms with van der Waals surface area (Å²) in [7, 11) is 0. The molecule has 1 atom stereocenters. The van der Waals surface area contributed by atoms with Crippen molar-refractivity contribution in [2.75, 3.05) is 30.3 Å². The molecular formula is C27H34N4O4. The second kappa shape index (κ2) is 12.4. The molecule has 4 N–H and O–H groups in total. The molecule has 0 bridgehead atoms. The lowest BCUT2D eigenvalue weighted by Gasteiger charge is -2.22. The summed E-state index contributed by atoms with van der Waals surface area (Å²) in [4.78, 5) is 37.0. The van der Waals surface area contributed by atoms with E-state index < -0.39 is 0 Å². The van der Waals surface area contributed by atoms with E-state index in [2.05, 4.69) is 21.3 Å². The number of hydrogen-bond acceptors (Lipinski definition) is 5. The molecule has 1 saturated carbocycles. The van der Waals surface area contributed by atoms with Gasteiger partial charge in [-0.2, -0.15) is 0 Å². The van der Waals surface area contributed by atoms with Gasteiger partial charge in [0.1, 0.15) is 0 Å². The van der Waals surface area contributed by atoms with E-state index >= 15 is 0 Å². The second-order valence-electron chi connectivity index (χ2n) is 9.21. The third-order valence-electron chi connectivity index (χ3n) is 6.49. The molecule has 2 fully saturated rings. The summed E-state index contributed by atoms with van der Waals surface area (Å²) >= 11 is 0. The van der Waals surface area contributed by atoms with E-state index in [1.807, 2.05) is 0 Å². The van der Waals surface area contributed by atoms with Crippen molar-refractivity contribution in [3.63, 3.8) is 0 Å². The van der Waals surface area contributed by atoms with E-state index in [0.717, 1.165) is 38.0 Å². The van der Waals surface area contributed by atoms with E-state index in [9.17, 15) is 14.4 Å². The van der Waals surface area contributed by atoms with Gasteiger partial charge in [0.15, 0.2) is 0 Å². The molecule has 8 nitrogen and oxygen atoms in total. The molecule has 1 saturated heterocycles. The number of carbonyl (C=O) groups excluding carboxylic acids is 3. The zero-order valence-electron chi connectivity index (χ0n) is 20.0. The van der Waals surface area contributed by atoms with Crippen LogP contribution in [0.15, 0.2) is 48.5 Å². The predicted octanol–water partition coefficient (Wildman–Crippen LogP) is 3.71. The normalized spacial score (nSPS) is 18.0. The lowest BCUT2D eigenvalue weighted by atomic mass is 9.95. The molecule has 1 aliphatic carbocycles. The minimum Gasteiger partial charge on any atom is -0.376 e. The number of benzene rings is 2. The third kappa shape index (κ3) is 7.55. The highest BCUT2D eigenvalue weighted by atomic mass is 16.5. The summed E-state index contributed by atoms with van der Waals surface area (Å²) in [6.07, 6.45) is 7.79. The molecular weight excluding hydrogens is 444 g/mol. The van der Waals surface area contributed by atoms with E-state index in [1.165, 1.54) is 19.3 Å². The van der Waals surface area contributed by atoms with Gasteiger partial charge in [-0.25, -0.2) is 0 Å². The maximum Gasteiger partial charge on any atom is 0.251 e. The number of amides is 3. The Kier molecular flexibility index (Phi) is 8.73. The highest BCUT2D eigenvalue weighted by molar-refractivity contribution is 5.97. The molecule has 8 heteroatoms. The van der Waals surface area contributed by atoms with Gasteiger partial charge in [0, 0.05) is 41.7 Å². The number of nitrogens with one attached hydrogen (secondary N) is 4. The standard InChI is InChI=1S/C27H34N4O4/c32-25(30-23-14-10-19(11-15-23)26(33)29-17-24-7-4-16-35-24)18-28-21-12-8-20(9-13-21)27(34)31-22-5-2-1-3-6-22/h8-15,22,24,28H,1-7,16-18H2,(H,29,33)(H,30,32)(H,31,34). The minimum atomic E-state index is -0.209. The highest BCUT2D eigenvalue weighted by Crippen LogP contribution is 2.18. The highest BCUT2D eigenvalue weighted by Gasteiger charge is 2.17. The van der Waals surface area contributed by atoms with Crippen LogP contribution in [0, 0.1) is 0 Å². The maximum absolute atomic E-state index is 12.4. The number of anilines is 2. The summed E-state index contributed by atoms with van der Waals surface area (Å²) in [5, 5.41) is 11.9. The van der Waals surface area contributed by atoms with Gasteiger partial charge in [0.05, 0.1) is 12.6 Å². The predicted molar refractivity (Wildman–Crippen MR) is 136 cm³/mol. The first-order valence-electron chi connectivity index (χ1n) is 12.5. The molecule has 0 aromatic heterocycles. The molecule has 3 amide bonds. The largest absolute Gasteiger partial charge is 0.376 e. The first-order chi connectivity index (χ1) is 17.1. The van der Waals surface area contributed by atoms with Crippen LogP contribution in [0.2, 0.25) is 0 Å². The summed E-state index contributed by atoms with van der Waals surface area (Å²) < 4.78 is 5.52. The van der Waals surface area contributed by atoms with Gasteiger partial charge in [-0.15, -0.1) is 0 Å². The summed E-state index contributed by atoms with van der Waals surface area (Å²) in [5.74, 6) is -0.416. The van der Waals surface area contributed by atoms with Crippen LogP contribution < -0.4 is 21.3 Å². The van der Waals surface area contributed by atoms with E-state index in [1.54, 1.807) is 48.5 Å². The minimum absolute atomic E-state index is 0.0507. The fourth-order valence-electron chi connectivity index (χ4n) is 4.46. The first kappa shape index (κ1) is 24.7. The Balaban J connectivity index is 1.18. The van der Waals surface area contributed by atoms with E-state index in [0.29, 0.717) is 23.4 Å². The van der Waals surface area contributed by atoms with Gasteiger partial charge in [-0.1, -0.05) is 19.3 Å². The molecule has 1 aliphatic heterocycles. The van der Waals surface area contributed by atoms with Crippen LogP contribution >= 0.6 is 0 Å². The smallest absolute Gasteiger partial charge is 0.251 e. The van der Waals surface area contributed by atoms with Crippen LogP contribution in [-0.2, 0) is 9.53 Å². The monoisotopic (exact) mass is 478 g/mol. The Hall–Kier alpha value is -3.39. The van der Waals surface area contributed by atoms with Crippen molar-refractivity contribution < 1.29 is 19.1 Å². The van der Waals surface area contributed by atoms with Crippen molar-refractivity contribution in [1.82, 2.24) is 10.6 Å². The van der Waals surface area contributed by atoms with Gasteiger partial charge in [0.2, 0.25) is 5.91 Å². The van der Waals surface area contributed by atoms with Gasteiger partial charge < -0.3 is 26.0 Å². The van der Waals surface area contributed by atoms with Crippen LogP contribution in [0.4, 0.5) is 11.4 Å². The van der Waals surface area contributed by atoms with Crippen LogP contribution in [0.25, 0.3) is 0 Å². The number of ether oxygens (including phenoxy) is 1. The quantitative estimate of drug-likeness (QED) is 0.439. The summed E-state index contributed by atoms with van der Waals surface area (Å²) in [6, 6.07) is 14.2. The van der Waals surface area contributed by atoms with Crippen molar-refractivity contribution in [2.45, 2.75) is 57.1 Å². The fraction of sp³-hybridized carbons (Fsp3) is 0.444. The Morgan fingerprint density at radius 1 is 0.771 bits per heavy atom. The van der Waals surface area contributed by atoms with Gasteiger partial charge in [-0.05, 0) is 74.2 Å². The lowest BCUT2D eigenvalue weighted by Crippen LogP contribution is -2.36. The molecule has 186 valence electrons. The molecule has 2 aromatic rings. The Morgan fingerprint density at radius 2 is 1.43 bits per heavy atom. The van der Waals surface area contributed by atoms with Gasteiger partial charge in [0.25, 0.3) is 11.8 Å². The van der Waals surface area contributed by atoms with Crippen molar-refractivity contribution in [2.24, 2.45) is 0 Å².